The molecule has 3 rings (SSSR count). The van der Waals surface area contributed by atoms with Gasteiger partial charge in [-0.05, 0) is 54.7 Å². The summed E-state index contributed by atoms with van der Waals surface area (Å²) in [4.78, 5) is 12.7. The van der Waals surface area contributed by atoms with E-state index >= 15 is 0 Å². The van der Waals surface area contributed by atoms with E-state index in [4.69, 9.17) is 11.6 Å². The summed E-state index contributed by atoms with van der Waals surface area (Å²) in [6.07, 6.45) is 2.87. The van der Waals surface area contributed by atoms with Gasteiger partial charge in [0.2, 0.25) is 15.9 Å². The first-order chi connectivity index (χ1) is 12.9. The molecule has 5 nitrogen and oxygen atoms in total. The number of hydrogen-bond donors (Lipinski definition) is 1. The fourth-order valence-electron chi connectivity index (χ4n) is 3.43. The summed E-state index contributed by atoms with van der Waals surface area (Å²) in [6.45, 7) is 1.72. The Balaban J connectivity index is 1.72. The van der Waals surface area contributed by atoms with Gasteiger partial charge in [0.05, 0.1) is 17.5 Å². The van der Waals surface area contributed by atoms with Gasteiger partial charge in [0, 0.05) is 11.6 Å². The van der Waals surface area contributed by atoms with Gasteiger partial charge in [-0.2, -0.15) is 4.31 Å². The summed E-state index contributed by atoms with van der Waals surface area (Å²) in [5, 5.41) is 3.47. The first-order valence-electron chi connectivity index (χ1n) is 9.04. The molecule has 1 aliphatic carbocycles. The number of aryl methyl sites for hydroxylation is 1. The molecular formula is C20H23ClN2O3S. The Morgan fingerprint density at radius 2 is 1.89 bits per heavy atom. The van der Waals surface area contributed by atoms with Crippen LogP contribution in [0.1, 0.15) is 36.9 Å². The zero-order valence-electron chi connectivity index (χ0n) is 15.2. The summed E-state index contributed by atoms with van der Waals surface area (Å²) < 4.78 is 26.8. The van der Waals surface area contributed by atoms with Crippen LogP contribution in [0, 0.1) is 0 Å². The van der Waals surface area contributed by atoms with Crippen LogP contribution >= 0.6 is 11.6 Å². The molecule has 0 aliphatic heterocycles. The summed E-state index contributed by atoms with van der Waals surface area (Å²) in [7, 11) is -3.75. The molecule has 1 amide bonds. The lowest BCUT2D eigenvalue weighted by molar-refractivity contribution is -0.122. The fourth-order valence-corrected chi connectivity index (χ4v) is 4.96. The topological polar surface area (TPSA) is 66.5 Å². The van der Waals surface area contributed by atoms with Crippen molar-refractivity contribution in [2.45, 2.75) is 37.1 Å². The van der Waals surface area contributed by atoms with Gasteiger partial charge in [0.1, 0.15) is 0 Å². The maximum Gasteiger partial charge on any atom is 0.243 e. The van der Waals surface area contributed by atoms with Crippen molar-refractivity contribution < 1.29 is 13.2 Å². The molecule has 2 aromatic carbocycles. The highest BCUT2D eigenvalue weighted by Crippen LogP contribution is 2.29. The van der Waals surface area contributed by atoms with Crippen molar-refractivity contribution in [3.63, 3.8) is 0 Å². The van der Waals surface area contributed by atoms with Gasteiger partial charge in [-0.3, -0.25) is 4.79 Å². The summed E-state index contributed by atoms with van der Waals surface area (Å²) in [5.41, 5.74) is 2.37. The van der Waals surface area contributed by atoms with E-state index < -0.39 is 10.0 Å². The minimum absolute atomic E-state index is 0.0700. The molecule has 0 fully saturated rings. The van der Waals surface area contributed by atoms with Gasteiger partial charge in [-0.15, -0.1) is 0 Å². The van der Waals surface area contributed by atoms with E-state index in [0.717, 1.165) is 24.8 Å². The van der Waals surface area contributed by atoms with Crippen molar-refractivity contribution in [3.05, 3.63) is 64.7 Å². The average molecular weight is 407 g/mol. The molecule has 144 valence electrons. The lowest BCUT2D eigenvalue weighted by Gasteiger charge is -2.27. The van der Waals surface area contributed by atoms with Crippen molar-refractivity contribution in [3.8, 4) is 0 Å². The van der Waals surface area contributed by atoms with Crippen LogP contribution in [0.15, 0.2) is 53.4 Å². The number of fused-ring (bicyclic) bond motifs is 1. The second-order valence-electron chi connectivity index (χ2n) is 6.60. The van der Waals surface area contributed by atoms with Crippen LogP contribution in [-0.2, 0) is 21.2 Å². The van der Waals surface area contributed by atoms with E-state index in [1.807, 2.05) is 18.2 Å². The molecule has 7 heteroatoms. The number of likely N-dealkylation sites (N-methyl/N-ethyl adjacent to an activating group) is 1. The fraction of sp³-hybridized carbons (Fsp3) is 0.350. The van der Waals surface area contributed by atoms with Crippen LogP contribution < -0.4 is 5.32 Å². The number of halogens is 1. The third-order valence-corrected chi connectivity index (χ3v) is 7.02. The molecule has 0 saturated heterocycles. The maximum absolute atomic E-state index is 12.8. The first kappa shape index (κ1) is 19.9. The van der Waals surface area contributed by atoms with Crippen LogP contribution in [0.3, 0.4) is 0 Å². The Morgan fingerprint density at radius 3 is 2.59 bits per heavy atom. The number of carbonyl (C=O) groups is 1. The molecule has 0 spiro atoms. The number of carbonyl (C=O) groups excluding carboxylic acids is 1. The number of hydrogen-bond acceptors (Lipinski definition) is 3. The second-order valence-corrected chi connectivity index (χ2v) is 8.97. The largest absolute Gasteiger partial charge is 0.348 e. The Kier molecular flexibility index (Phi) is 6.19. The van der Waals surface area contributed by atoms with Crippen molar-refractivity contribution in [1.29, 1.82) is 0 Å². The van der Waals surface area contributed by atoms with Crippen molar-refractivity contribution in [2.24, 2.45) is 0 Å². The number of amides is 1. The molecule has 2 aromatic rings. The van der Waals surface area contributed by atoms with Crippen LogP contribution in [0.4, 0.5) is 0 Å². The Hall–Kier alpha value is -1.89. The van der Waals surface area contributed by atoms with Gasteiger partial charge in [0.25, 0.3) is 0 Å². The highest BCUT2D eigenvalue weighted by Gasteiger charge is 2.27. The van der Waals surface area contributed by atoms with Gasteiger partial charge in [-0.1, -0.05) is 42.8 Å². The number of nitrogens with zero attached hydrogens (tertiary/aromatic N) is 1. The minimum Gasteiger partial charge on any atom is -0.348 e. The van der Waals surface area contributed by atoms with E-state index in [-0.39, 0.29) is 29.9 Å². The zero-order valence-corrected chi connectivity index (χ0v) is 16.8. The van der Waals surface area contributed by atoms with Crippen LogP contribution in [0.25, 0.3) is 0 Å². The molecule has 1 unspecified atom stereocenters. The van der Waals surface area contributed by atoms with E-state index in [1.54, 1.807) is 6.92 Å². The summed E-state index contributed by atoms with van der Waals surface area (Å²) in [6, 6.07) is 14.0. The predicted molar refractivity (Wildman–Crippen MR) is 106 cm³/mol. The Labute approximate surface area is 165 Å². The number of nitrogens with one attached hydrogen (secondary N) is 1. The lowest BCUT2D eigenvalue weighted by Crippen LogP contribution is -2.42. The zero-order chi connectivity index (χ0) is 19.4. The van der Waals surface area contributed by atoms with Crippen molar-refractivity contribution >= 4 is 27.5 Å². The normalized spacial score (nSPS) is 16.8. The molecule has 0 bridgehead atoms. The maximum atomic E-state index is 12.8. The Morgan fingerprint density at radius 1 is 1.19 bits per heavy atom. The lowest BCUT2D eigenvalue weighted by atomic mass is 9.88. The highest BCUT2D eigenvalue weighted by atomic mass is 35.5. The molecule has 27 heavy (non-hydrogen) atoms. The second kappa shape index (κ2) is 8.42. The average Bonchev–Trinajstić information content (AvgIpc) is 2.66. The smallest absolute Gasteiger partial charge is 0.243 e. The SMILES string of the molecule is CCN(CC(=O)NC1CCCc2ccccc21)S(=O)(=O)c1ccc(Cl)cc1. The van der Waals surface area contributed by atoms with E-state index in [0.29, 0.717) is 5.02 Å². The number of rotatable bonds is 6. The van der Waals surface area contributed by atoms with E-state index in [1.165, 1.54) is 34.1 Å². The highest BCUT2D eigenvalue weighted by molar-refractivity contribution is 7.89. The molecule has 0 radical (unpaired) electrons. The van der Waals surface area contributed by atoms with Gasteiger partial charge in [0.15, 0.2) is 0 Å². The monoisotopic (exact) mass is 406 g/mol. The van der Waals surface area contributed by atoms with Crippen LogP contribution in [-0.4, -0.2) is 31.7 Å². The molecule has 0 aromatic heterocycles. The molecule has 0 heterocycles. The third kappa shape index (κ3) is 4.51. The third-order valence-electron chi connectivity index (χ3n) is 4.83. The van der Waals surface area contributed by atoms with Crippen molar-refractivity contribution in [1.82, 2.24) is 9.62 Å². The van der Waals surface area contributed by atoms with E-state index in [9.17, 15) is 13.2 Å². The predicted octanol–water partition coefficient (Wildman–Crippen LogP) is 3.54. The van der Waals surface area contributed by atoms with Gasteiger partial charge < -0.3 is 5.32 Å². The van der Waals surface area contributed by atoms with Gasteiger partial charge in [-0.25, -0.2) is 8.42 Å². The molecule has 1 N–H and O–H groups in total. The molecule has 1 aliphatic rings. The van der Waals surface area contributed by atoms with E-state index in [2.05, 4.69) is 11.4 Å². The molecule has 1 atom stereocenters. The first-order valence-corrected chi connectivity index (χ1v) is 10.9. The van der Waals surface area contributed by atoms with Crippen molar-refractivity contribution in [2.75, 3.05) is 13.1 Å². The molecular weight excluding hydrogens is 384 g/mol. The molecule has 0 saturated carbocycles. The van der Waals surface area contributed by atoms with Crippen LogP contribution in [0.5, 0.6) is 0 Å². The van der Waals surface area contributed by atoms with Gasteiger partial charge >= 0.3 is 0 Å². The summed E-state index contributed by atoms with van der Waals surface area (Å²) >= 11 is 5.84. The quantitative estimate of drug-likeness (QED) is 0.797. The number of benzene rings is 2. The van der Waals surface area contributed by atoms with Crippen LogP contribution in [0.2, 0.25) is 5.02 Å². The minimum atomic E-state index is -3.75. The standard InChI is InChI=1S/C20H23ClN2O3S/c1-2-23(27(25,26)17-12-10-16(21)11-13-17)14-20(24)22-19-9-5-7-15-6-3-4-8-18(15)19/h3-4,6,8,10-13,19H,2,5,7,9,14H2,1H3,(H,22,24). The summed E-state index contributed by atoms with van der Waals surface area (Å²) in [5.74, 6) is -0.295. The Bertz CT molecular complexity index is 913. The number of sulfonamides is 1.